The fourth-order valence-corrected chi connectivity index (χ4v) is 6.39. The summed E-state index contributed by atoms with van der Waals surface area (Å²) in [4.78, 5) is 24.0. The summed E-state index contributed by atoms with van der Waals surface area (Å²) in [6.07, 6.45) is 0.253. The second-order valence-corrected chi connectivity index (χ2v) is 10.8. The van der Waals surface area contributed by atoms with Gasteiger partial charge < -0.3 is 10.1 Å². The van der Waals surface area contributed by atoms with Crippen LogP contribution in [-0.2, 0) is 29.5 Å². The van der Waals surface area contributed by atoms with Gasteiger partial charge in [-0.25, -0.2) is 9.97 Å². The molecule has 1 atom stereocenters. The van der Waals surface area contributed by atoms with Gasteiger partial charge in [0, 0.05) is 48.5 Å². The van der Waals surface area contributed by atoms with Crippen LogP contribution in [0.2, 0.25) is 0 Å². The first-order chi connectivity index (χ1) is 17.6. The molecule has 2 aromatic heterocycles. The molecule has 0 radical (unpaired) electrons. The van der Waals surface area contributed by atoms with Crippen molar-refractivity contribution in [1.82, 2.24) is 20.2 Å². The van der Waals surface area contributed by atoms with Crippen molar-refractivity contribution in [3.63, 3.8) is 0 Å². The molecule has 37 heavy (non-hydrogen) atoms. The number of nitrogens with one attached hydrogen (secondary N) is 1. The first-order valence-corrected chi connectivity index (χ1v) is 13.2. The lowest BCUT2D eigenvalue weighted by atomic mass is 9.84. The van der Waals surface area contributed by atoms with E-state index in [9.17, 15) is 18.0 Å². The maximum atomic E-state index is 12.9. The molecule has 2 aliphatic rings. The first-order valence-electron chi connectivity index (χ1n) is 12.4. The topological polar surface area (TPSA) is 67.4 Å². The third kappa shape index (κ3) is 5.42. The van der Waals surface area contributed by atoms with Crippen molar-refractivity contribution in [3.05, 3.63) is 80.6 Å². The minimum absolute atomic E-state index is 0.0801. The number of halogens is 3. The molecule has 1 N–H and O–H groups in total. The van der Waals surface area contributed by atoms with Crippen LogP contribution in [0.1, 0.15) is 68.4 Å². The Balaban J connectivity index is 1.24. The molecule has 1 fully saturated rings. The van der Waals surface area contributed by atoms with Crippen LogP contribution in [0.3, 0.4) is 0 Å². The number of piperidine rings is 1. The third-order valence-corrected chi connectivity index (χ3v) is 8.69. The largest absolute Gasteiger partial charge is 0.451 e. The SMILES string of the molecule is Cc1ccc(CNC(=O)c2cc3c(s2)C2(CCN(C(C)c4cnc(C(F)(F)F)nc4)CC2)OCC3)cc1. The fraction of sp³-hybridized carbons (Fsp3) is 0.444. The quantitative estimate of drug-likeness (QED) is 0.477. The minimum Gasteiger partial charge on any atom is -0.369 e. The predicted molar refractivity (Wildman–Crippen MR) is 134 cm³/mol. The lowest BCUT2D eigenvalue weighted by Crippen LogP contribution is -2.46. The smallest absolute Gasteiger partial charge is 0.369 e. The second kappa shape index (κ2) is 10.2. The molecule has 1 aromatic carbocycles. The lowest BCUT2D eigenvalue weighted by molar-refractivity contribution is -0.145. The molecule has 6 nitrogen and oxygen atoms in total. The molecule has 5 rings (SSSR count). The van der Waals surface area contributed by atoms with Gasteiger partial charge in [0.15, 0.2) is 0 Å². The zero-order valence-corrected chi connectivity index (χ0v) is 21.6. The van der Waals surface area contributed by atoms with Crippen molar-refractivity contribution in [1.29, 1.82) is 0 Å². The second-order valence-electron chi connectivity index (χ2n) is 9.78. The molecular weight excluding hydrogens is 501 g/mol. The summed E-state index contributed by atoms with van der Waals surface area (Å²) in [6.45, 7) is 6.51. The molecule has 4 heterocycles. The van der Waals surface area contributed by atoms with E-state index in [1.807, 2.05) is 44.2 Å². The molecule has 0 aliphatic carbocycles. The predicted octanol–water partition coefficient (Wildman–Crippen LogP) is 5.42. The van der Waals surface area contributed by atoms with Crippen LogP contribution in [0.15, 0.2) is 42.7 Å². The van der Waals surface area contributed by atoms with E-state index in [0.29, 0.717) is 36.7 Å². The van der Waals surface area contributed by atoms with Crippen LogP contribution in [-0.4, -0.2) is 40.5 Å². The van der Waals surface area contributed by atoms with Gasteiger partial charge in [0.05, 0.1) is 11.5 Å². The summed E-state index contributed by atoms with van der Waals surface area (Å²) in [6, 6.07) is 9.99. The summed E-state index contributed by atoms with van der Waals surface area (Å²) >= 11 is 1.51. The highest BCUT2D eigenvalue weighted by atomic mass is 32.1. The number of likely N-dealkylation sites (tertiary alicyclic amines) is 1. The van der Waals surface area contributed by atoms with Crippen molar-refractivity contribution < 1.29 is 22.7 Å². The Labute approximate surface area is 217 Å². The Morgan fingerprint density at radius 3 is 2.51 bits per heavy atom. The minimum atomic E-state index is -4.55. The van der Waals surface area contributed by atoms with Crippen molar-refractivity contribution >= 4 is 17.2 Å². The average Bonchev–Trinajstić information content (AvgIpc) is 3.34. The Kier molecular flexibility index (Phi) is 7.08. The normalized spacial score (nSPS) is 18.4. The average molecular weight is 531 g/mol. The summed E-state index contributed by atoms with van der Waals surface area (Å²) in [5.41, 5.74) is 3.63. The summed E-state index contributed by atoms with van der Waals surface area (Å²) in [5, 5.41) is 3.03. The Morgan fingerprint density at radius 1 is 1.19 bits per heavy atom. The molecule has 0 bridgehead atoms. The number of ether oxygens (including phenoxy) is 1. The number of thiophene rings is 1. The van der Waals surface area contributed by atoms with Gasteiger partial charge >= 0.3 is 6.18 Å². The van der Waals surface area contributed by atoms with E-state index >= 15 is 0 Å². The Hall–Kier alpha value is -2.82. The number of carbonyl (C=O) groups is 1. The van der Waals surface area contributed by atoms with E-state index in [1.165, 1.54) is 34.9 Å². The first kappa shape index (κ1) is 25.8. The van der Waals surface area contributed by atoms with Gasteiger partial charge in [0.1, 0.15) is 5.60 Å². The van der Waals surface area contributed by atoms with Crippen molar-refractivity contribution in [2.45, 2.75) is 57.5 Å². The lowest BCUT2D eigenvalue weighted by Gasteiger charge is -2.45. The number of carbonyl (C=O) groups excluding carboxylic acids is 1. The van der Waals surface area contributed by atoms with Crippen molar-refractivity contribution in [2.24, 2.45) is 0 Å². The number of rotatable bonds is 5. The summed E-state index contributed by atoms with van der Waals surface area (Å²) < 4.78 is 44.8. The zero-order valence-electron chi connectivity index (χ0n) is 20.8. The highest BCUT2D eigenvalue weighted by molar-refractivity contribution is 7.14. The summed E-state index contributed by atoms with van der Waals surface area (Å²) in [5.74, 6) is -1.20. The van der Waals surface area contributed by atoms with Gasteiger partial charge in [-0.1, -0.05) is 29.8 Å². The number of aromatic nitrogens is 2. The van der Waals surface area contributed by atoms with Gasteiger partial charge in [-0.2, -0.15) is 13.2 Å². The maximum Gasteiger partial charge on any atom is 0.451 e. The molecule has 3 aromatic rings. The Bertz CT molecular complexity index is 1250. The highest BCUT2D eigenvalue weighted by Crippen LogP contribution is 2.46. The van der Waals surface area contributed by atoms with Crippen LogP contribution in [0, 0.1) is 6.92 Å². The van der Waals surface area contributed by atoms with Gasteiger partial charge in [-0.15, -0.1) is 11.3 Å². The molecule has 0 saturated carbocycles. The van der Waals surface area contributed by atoms with Crippen LogP contribution in [0.4, 0.5) is 13.2 Å². The molecule has 1 unspecified atom stereocenters. The van der Waals surface area contributed by atoms with E-state index in [4.69, 9.17) is 4.74 Å². The number of alkyl halides is 3. The van der Waals surface area contributed by atoms with Crippen molar-refractivity contribution in [3.8, 4) is 0 Å². The monoisotopic (exact) mass is 530 g/mol. The van der Waals surface area contributed by atoms with Gasteiger partial charge in [0.25, 0.3) is 5.91 Å². The van der Waals surface area contributed by atoms with Crippen LogP contribution in [0.25, 0.3) is 0 Å². The number of fused-ring (bicyclic) bond motifs is 2. The van der Waals surface area contributed by atoms with Crippen molar-refractivity contribution in [2.75, 3.05) is 19.7 Å². The third-order valence-electron chi connectivity index (χ3n) is 7.33. The number of benzene rings is 1. The molecule has 1 spiro atoms. The number of nitrogens with zero attached hydrogens (tertiary/aromatic N) is 3. The van der Waals surface area contributed by atoms with Crippen LogP contribution < -0.4 is 5.32 Å². The molecular formula is C27H29F3N4O2S. The zero-order chi connectivity index (χ0) is 26.2. The number of amides is 1. The molecule has 10 heteroatoms. The molecule has 1 amide bonds. The van der Waals surface area contributed by atoms with Gasteiger partial charge in [-0.05, 0) is 50.3 Å². The van der Waals surface area contributed by atoms with Crippen LogP contribution in [0.5, 0.6) is 0 Å². The number of hydrogen-bond donors (Lipinski definition) is 1. The molecule has 1 saturated heterocycles. The van der Waals surface area contributed by atoms with Gasteiger partial charge in [-0.3, -0.25) is 9.69 Å². The van der Waals surface area contributed by atoms with E-state index in [-0.39, 0.29) is 11.9 Å². The maximum absolute atomic E-state index is 12.9. The molecule has 2 aliphatic heterocycles. The van der Waals surface area contributed by atoms with Crippen LogP contribution >= 0.6 is 11.3 Å². The Morgan fingerprint density at radius 2 is 1.86 bits per heavy atom. The summed E-state index contributed by atoms with van der Waals surface area (Å²) in [7, 11) is 0. The van der Waals surface area contributed by atoms with E-state index < -0.39 is 17.6 Å². The number of aryl methyl sites for hydroxylation is 1. The van der Waals surface area contributed by atoms with E-state index in [1.54, 1.807) is 0 Å². The molecule has 196 valence electrons. The number of hydrogen-bond acceptors (Lipinski definition) is 6. The van der Waals surface area contributed by atoms with E-state index in [2.05, 4.69) is 20.2 Å². The van der Waals surface area contributed by atoms with E-state index in [0.717, 1.165) is 29.7 Å². The highest BCUT2D eigenvalue weighted by Gasteiger charge is 2.43. The van der Waals surface area contributed by atoms with Gasteiger partial charge in [0.2, 0.25) is 5.82 Å². The fourth-order valence-electron chi connectivity index (χ4n) is 5.06. The standard InChI is InChI=1S/C27H29F3N4O2S/c1-17-3-5-19(6-4-17)14-31-24(35)22-13-20-7-12-36-26(23(20)37-22)8-10-34(11-9-26)18(2)21-15-32-25(33-16-21)27(28,29)30/h3-6,13,15-16,18H,7-12,14H2,1-2H3,(H,31,35).